The average Bonchev–Trinajstić information content (AvgIpc) is 2.47. The maximum Gasteiger partial charge on any atom is 0.131 e. The lowest BCUT2D eigenvalue weighted by atomic mass is 10.1. The first-order chi connectivity index (χ1) is 10.1. The fourth-order valence-corrected chi connectivity index (χ4v) is 2.96. The van der Waals surface area contributed by atoms with Crippen LogP contribution in [-0.2, 0) is 4.74 Å². The van der Waals surface area contributed by atoms with Crippen LogP contribution in [0.2, 0.25) is 0 Å². The zero-order valence-electron chi connectivity index (χ0n) is 12.6. The van der Waals surface area contributed by atoms with Crippen molar-refractivity contribution in [3.8, 4) is 0 Å². The standard InChI is InChI=1S/C14H24N4O2S/c1-14(19,9-21-2)8-15-12-6-13(17-10-16-12)18-11-4-3-5-20-7-11/h6,10-11,19H,3-5,7-9H2,1-2H3,(H2,15,16,17,18). The molecule has 1 aromatic heterocycles. The summed E-state index contributed by atoms with van der Waals surface area (Å²) in [6.07, 6.45) is 5.67. The largest absolute Gasteiger partial charge is 0.387 e. The second-order valence-electron chi connectivity index (χ2n) is 5.63. The van der Waals surface area contributed by atoms with E-state index in [9.17, 15) is 5.11 Å². The first kappa shape index (κ1) is 16.3. The fraction of sp³-hybridized carbons (Fsp3) is 0.714. The van der Waals surface area contributed by atoms with Crippen LogP contribution in [0, 0.1) is 0 Å². The lowest BCUT2D eigenvalue weighted by Crippen LogP contribution is -2.36. The molecule has 0 amide bonds. The number of aromatic nitrogens is 2. The van der Waals surface area contributed by atoms with E-state index in [4.69, 9.17) is 4.74 Å². The monoisotopic (exact) mass is 312 g/mol. The van der Waals surface area contributed by atoms with Crippen molar-refractivity contribution in [1.82, 2.24) is 9.97 Å². The highest BCUT2D eigenvalue weighted by Gasteiger charge is 2.19. The summed E-state index contributed by atoms with van der Waals surface area (Å²) >= 11 is 1.62. The molecule has 21 heavy (non-hydrogen) atoms. The summed E-state index contributed by atoms with van der Waals surface area (Å²) in [6.45, 7) is 3.83. The van der Waals surface area contributed by atoms with Crippen molar-refractivity contribution in [3.63, 3.8) is 0 Å². The van der Waals surface area contributed by atoms with Gasteiger partial charge in [-0.25, -0.2) is 9.97 Å². The number of nitrogens with one attached hydrogen (secondary N) is 2. The summed E-state index contributed by atoms with van der Waals surface area (Å²) in [5.74, 6) is 2.17. The van der Waals surface area contributed by atoms with Crippen LogP contribution < -0.4 is 10.6 Å². The van der Waals surface area contributed by atoms with E-state index in [0.717, 1.165) is 31.9 Å². The van der Waals surface area contributed by atoms with E-state index in [1.54, 1.807) is 11.8 Å². The molecule has 1 fully saturated rings. The first-order valence-electron chi connectivity index (χ1n) is 7.20. The topological polar surface area (TPSA) is 79.3 Å². The predicted molar refractivity (Wildman–Crippen MR) is 87.0 cm³/mol. The molecule has 0 bridgehead atoms. The lowest BCUT2D eigenvalue weighted by molar-refractivity contribution is 0.0875. The van der Waals surface area contributed by atoms with Crippen LogP contribution in [0.5, 0.6) is 0 Å². The number of ether oxygens (including phenoxy) is 1. The van der Waals surface area contributed by atoms with E-state index in [0.29, 0.717) is 24.2 Å². The predicted octanol–water partition coefficient (Wildman–Crippen LogP) is 1.59. The highest BCUT2D eigenvalue weighted by molar-refractivity contribution is 7.98. The molecule has 7 heteroatoms. The molecule has 0 saturated carbocycles. The number of hydrogen-bond donors (Lipinski definition) is 3. The number of hydrogen-bond acceptors (Lipinski definition) is 7. The van der Waals surface area contributed by atoms with Crippen molar-refractivity contribution in [2.75, 3.05) is 42.4 Å². The Morgan fingerprint density at radius 3 is 3.00 bits per heavy atom. The van der Waals surface area contributed by atoms with Gasteiger partial charge < -0.3 is 20.5 Å². The summed E-state index contributed by atoms with van der Waals surface area (Å²) in [5, 5.41) is 16.7. The smallest absolute Gasteiger partial charge is 0.131 e. The van der Waals surface area contributed by atoms with Gasteiger partial charge in [0.15, 0.2) is 0 Å². The van der Waals surface area contributed by atoms with Crippen molar-refractivity contribution in [1.29, 1.82) is 0 Å². The van der Waals surface area contributed by atoms with Gasteiger partial charge in [-0.15, -0.1) is 0 Å². The molecular formula is C14H24N4O2S. The molecule has 1 aliphatic rings. The van der Waals surface area contributed by atoms with Gasteiger partial charge in [0.2, 0.25) is 0 Å². The van der Waals surface area contributed by atoms with Gasteiger partial charge in [0.1, 0.15) is 18.0 Å². The molecule has 2 unspecified atom stereocenters. The Morgan fingerprint density at radius 1 is 1.48 bits per heavy atom. The minimum atomic E-state index is -0.755. The van der Waals surface area contributed by atoms with Gasteiger partial charge in [-0.3, -0.25) is 0 Å². The number of nitrogens with zero attached hydrogens (tertiary/aromatic N) is 2. The second-order valence-corrected chi connectivity index (χ2v) is 6.50. The third-order valence-corrected chi connectivity index (χ3v) is 4.20. The molecule has 1 saturated heterocycles. The van der Waals surface area contributed by atoms with E-state index in [2.05, 4.69) is 20.6 Å². The molecule has 0 spiro atoms. The molecule has 2 atom stereocenters. The minimum absolute atomic E-state index is 0.307. The van der Waals surface area contributed by atoms with E-state index in [1.165, 1.54) is 6.33 Å². The number of anilines is 2. The summed E-state index contributed by atoms with van der Waals surface area (Å²) in [5.41, 5.74) is -0.755. The van der Waals surface area contributed by atoms with Crippen LogP contribution in [-0.4, -0.2) is 58.5 Å². The van der Waals surface area contributed by atoms with Crippen molar-refractivity contribution in [2.45, 2.75) is 31.4 Å². The first-order valence-corrected chi connectivity index (χ1v) is 8.60. The molecule has 2 heterocycles. The maximum absolute atomic E-state index is 10.1. The summed E-state index contributed by atoms with van der Waals surface area (Å²) in [4.78, 5) is 8.41. The summed E-state index contributed by atoms with van der Waals surface area (Å²) in [6, 6.07) is 2.17. The molecule has 6 nitrogen and oxygen atoms in total. The number of rotatable bonds is 7. The van der Waals surface area contributed by atoms with Gasteiger partial charge in [-0.2, -0.15) is 11.8 Å². The molecule has 1 aliphatic heterocycles. The van der Waals surface area contributed by atoms with Crippen molar-refractivity contribution in [2.24, 2.45) is 0 Å². The maximum atomic E-state index is 10.1. The van der Waals surface area contributed by atoms with Gasteiger partial charge in [0.25, 0.3) is 0 Å². The molecule has 0 aliphatic carbocycles. The van der Waals surface area contributed by atoms with Crippen molar-refractivity contribution in [3.05, 3.63) is 12.4 Å². The zero-order chi connectivity index (χ0) is 15.1. The van der Waals surface area contributed by atoms with E-state index < -0.39 is 5.60 Å². The van der Waals surface area contributed by atoms with Crippen LogP contribution in [0.15, 0.2) is 12.4 Å². The molecule has 118 valence electrons. The summed E-state index contributed by atoms with van der Waals surface area (Å²) in [7, 11) is 0. The lowest BCUT2D eigenvalue weighted by Gasteiger charge is -2.24. The summed E-state index contributed by atoms with van der Waals surface area (Å²) < 4.78 is 5.45. The zero-order valence-corrected chi connectivity index (χ0v) is 13.4. The minimum Gasteiger partial charge on any atom is -0.387 e. The number of aliphatic hydroxyl groups is 1. The highest BCUT2D eigenvalue weighted by Crippen LogP contribution is 2.16. The van der Waals surface area contributed by atoms with Gasteiger partial charge >= 0.3 is 0 Å². The quantitative estimate of drug-likeness (QED) is 0.705. The van der Waals surface area contributed by atoms with E-state index >= 15 is 0 Å². The van der Waals surface area contributed by atoms with E-state index in [-0.39, 0.29) is 0 Å². The third kappa shape index (κ3) is 5.68. The van der Waals surface area contributed by atoms with Crippen LogP contribution in [0.4, 0.5) is 11.6 Å². The van der Waals surface area contributed by atoms with Crippen molar-refractivity contribution < 1.29 is 9.84 Å². The van der Waals surface area contributed by atoms with Gasteiger partial charge in [-0.05, 0) is 26.0 Å². The molecule has 0 radical (unpaired) electrons. The molecule has 3 N–H and O–H groups in total. The van der Waals surface area contributed by atoms with Crippen molar-refractivity contribution >= 4 is 23.4 Å². The Bertz CT molecular complexity index is 439. The average molecular weight is 312 g/mol. The highest BCUT2D eigenvalue weighted by atomic mass is 32.2. The van der Waals surface area contributed by atoms with Gasteiger partial charge in [0.05, 0.1) is 18.2 Å². The molecule has 2 rings (SSSR count). The van der Waals surface area contributed by atoms with Crippen LogP contribution >= 0.6 is 11.8 Å². The van der Waals surface area contributed by atoms with Gasteiger partial charge in [0, 0.05) is 25.0 Å². The van der Waals surface area contributed by atoms with E-state index in [1.807, 2.05) is 19.2 Å². The van der Waals surface area contributed by atoms with Crippen LogP contribution in [0.1, 0.15) is 19.8 Å². The molecule has 0 aromatic carbocycles. The Labute approximate surface area is 130 Å². The van der Waals surface area contributed by atoms with Crippen LogP contribution in [0.25, 0.3) is 0 Å². The Balaban J connectivity index is 1.88. The van der Waals surface area contributed by atoms with Crippen LogP contribution in [0.3, 0.4) is 0 Å². The molecular weight excluding hydrogens is 288 g/mol. The third-order valence-electron chi connectivity index (χ3n) is 3.29. The Hall–Kier alpha value is -1.05. The van der Waals surface area contributed by atoms with Gasteiger partial charge in [-0.1, -0.05) is 0 Å². The number of thioether (sulfide) groups is 1. The normalized spacial score (nSPS) is 21.6. The SMILES string of the molecule is CSCC(C)(O)CNc1cc(NC2CCCOC2)ncn1. The Morgan fingerprint density at radius 2 is 2.29 bits per heavy atom. The second kappa shape index (κ2) is 7.82. The molecule has 1 aromatic rings. The Kier molecular flexibility index (Phi) is 6.08. The fourth-order valence-electron chi connectivity index (χ4n) is 2.24.